The maximum Gasteiger partial charge on any atom is 0.573 e. The first-order valence-corrected chi connectivity index (χ1v) is 9.56. The molecule has 0 unspecified atom stereocenters. The van der Waals surface area contributed by atoms with Crippen LogP contribution in [0.15, 0.2) is 42.9 Å². The van der Waals surface area contributed by atoms with E-state index in [1.807, 2.05) is 12.3 Å². The van der Waals surface area contributed by atoms with Crippen LogP contribution in [0.25, 0.3) is 11.0 Å². The molecule has 5 rings (SSSR count). The Morgan fingerprint density at radius 1 is 1.17 bits per heavy atom. The van der Waals surface area contributed by atoms with Crippen molar-refractivity contribution >= 4 is 22.8 Å². The maximum absolute atomic E-state index is 13.1. The number of anilines is 1. The quantitative estimate of drug-likeness (QED) is 0.708. The summed E-state index contributed by atoms with van der Waals surface area (Å²) in [7, 11) is 0. The van der Waals surface area contributed by atoms with E-state index in [1.165, 1.54) is 24.5 Å². The van der Waals surface area contributed by atoms with Gasteiger partial charge in [-0.2, -0.15) is 0 Å². The van der Waals surface area contributed by atoms with E-state index < -0.39 is 12.1 Å². The lowest BCUT2D eigenvalue weighted by atomic mass is 10.1. The van der Waals surface area contributed by atoms with Crippen molar-refractivity contribution in [2.45, 2.75) is 24.7 Å². The molecule has 0 atom stereocenters. The van der Waals surface area contributed by atoms with Gasteiger partial charge in [-0.3, -0.25) is 4.79 Å². The van der Waals surface area contributed by atoms with Crippen LogP contribution in [0.5, 0.6) is 5.75 Å². The van der Waals surface area contributed by atoms with E-state index in [1.54, 1.807) is 4.90 Å². The summed E-state index contributed by atoms with van der Waals surface area (Å²) < 4.78 is 41.5. The van der Waals surface area contributed by atoms with Gasteiger partial charge < -0.3 is 19.5 Å². The van der Waals surface area contributed by atoms with Crippen molar-refractivity contribution in [1.82, 2.24) is 19.9 Å². The Bertz CT molecular complexity index is 1110. The molecule has 30 heavy (non-hydrogen) atoms. The fraction of sp³-hybridized carbons (Fsp3) is 0.350. The highest BCUT2D eigenvalue weighted by atomic mass is 19.4. The van der Waals surface area contributed by atoms with E-state index in [4.69, 9.17) is 0 Å². The topological polar surface area (TPSA) is 74.3 Å². The van der Waals surface area contributed by atoms with Gasteiger partial charge in [-0.05, 0) is 37.1 Å². The molecular formula is C20H18F3N5O2. The van der Waals surface area contributed by atoms with Gasteiger partial charge in [0, 0.05) is 31.4 Å². The number of carbonyl (C=O) groups excluding carboxylic acids is 1. The summed E-state index contributed by atoms with van der Waals surface area (Å²) in [5.74, 6) is 0.141. The fourth-order valence-electron chi connectivity index (χ4n) is 4.14. The van der Waals surface area contributed by atoms with Gasteiger partial charge in [-0.1, -0.05) is 6.07 Å². The van der Waals surface area contributed by atoms with Gasteiger partial charge >= 0.3 is 6.36 Å². The number of aromatic amines is 1. The Hall–Kier alpha value is -3.30. The SMILES string of the molecule is O=C(c1cccc(OC(F)(F)F)c1)N1CCN(c2ncnc3[nH]ccc23)CC12CC2. The number of fused-ring (bicyclic) bond motifs is 1. The van der Waals surface area contributed by atoms with E-state index in [0.29, 0.717) is 19.6 Å². The number of piperazine rings is 1. The molecule has 1 aliphatic heterocycles. The van der Waals surface area contributed by atoms with Gasteiger partial charge in [-0.25, -0.2) is 9.97 Å². The van der Waals surface area contributed by atoms with Crippen LogP contribution in [0.1, 0.15) is 23.2 Å². The number of halogens is 3. The molecule has 10 heteroatoms. The molecule has 0 radical (unpaired) electrons. The minimum Gasteiger partial charge on any atom is -0.406 e. The Morgan fingerprint density at radius 2 is 2.00 bits per heavy atom. The first kappa shape index (κ1) is 18.7. The van der Waals surface area contributed by atoms with E-state index in [9.17, 15) is 18.0 Å². The molecule has 3 aromatic rings. The summed E-state index contributed by atoms with van der Waals surface area (Å²) in [6.07, 6.45) is 0.208. The molecule has 1 saturated carbocycles. The molecule has 7 nitrogen and oxygen atoms in total. The van der Waals surface area contributed by atoms with Gasteiger partial charge in [0.2, 0.25) is 0 Å². The molecular weight excluding hydrogens is 399 g/mol. The second kappa shape index (κ2) is 6.61. The third-order valence-electron chi connectivity index (χ3n) is 5.67. The second-order valence-corrected chi connectivity index (χ2v) is 7.62. The number of carbonyl (C=O) groups is 1. The number of H-pyrrole nitrogens is 1. The van der Waals surface area contributed by atoms with Crippen LogP contribution in [-0.4, -0.2) is 57.3 Å². The summed E-state index contributed by atoms with van der Waals surface area (Å²) in [5, 5.41) is 0.921. The zero-order valence-corrected chi connectivity index (χ0v) is 15.8. The highest BCUT2D eigenvalue weighted by Gasteiger charge is 2.53. The fourth-order valence-corrected chi connectivity index (χ4v) is 4.14. The number of alkyl halides is 3. The van der Waals surface area contributed by atoms with Crippen molar-refractivity contribution in [3.8, 4) is 5.75 Å². The first-order chi connectivity index (χ1) is 14.3. The van der Waals surface area contributed by atoms with Gasteiger partial charge in [0.1, 0.15) is 23.5 Å². The molecule has 1 aromatic carbocycles. The Morgan fingerprint density at radius 3 is 2.77 bits per heavy atom. The Labute approximate surface area is 169 Å². The normalized spacial score (nSPS) is 18.1. The molecule has 1 aliphatic carbocycles. The predicted molar refractivity (Wildman–Crippen MR) is 102 cm³/mol. The van der Waals surface area contributed by atoms with Crippen molar-refractivity contribution in [3.63, 3.8) is 0 Å². The van der Waals surface area contributed by atoms with Crippen LogP contribution in [0.2, 0.25) is 0 Å². The number of benzene rings is 1. The van der Waals surface area contributed by atoms with Crippen LogP contribution in [0, 0.1) is 0 Å². The van der Waals surface area contributed by atoms with Gasteiger partial charge in [0.25, 0.3) is 5.91 Å². The molecule has 1 spiro atoms. The minimum absolute atomic E-state index is 0.187. The largest absolute Gasteiger partial charge is 0.573 e. The molecule has 0 bridgehead atoms. The van der Waals surface area contributed by atoms with Crippen LogP contribution in [-0.2, 0) is 0 Å². The highest BCUT2D eigenvalue weighted by molar-refractivity contribution is 5.96. The number of nitrogens with one attached hydrogen (secondary N) is 1. The van der Waals surface area contributed by atoms with Crippen molar-refractivity contribution in [2.24, 2.45) is 0 Å². The van der Waals surface area contributed by atoms with Gasteiger partial charge in [-0.15, -0.1) is 13.2 Å². The number of ether oxygens (including phenoxy) is 1. The zero-order chi connectivity index (χ0) is 20.9. The Kier molecular flexibility index (Phi) is 4.12. The predicted octanol–water partition coefficient (Wildman–Crippen LogP) is 3.35. The van der Waals surface area contributed by atoms with Gasteiger partial charge in [0.15, 0.2) is 0 Å². The van der Waals surface area contributed by atoms with Crippen LogP contribution in [0.4, 0.5) is 19.0 Å². The van der Waals surface area contributed by atoms with E-state index in [-0.39, 0.29) is 17.0 Å². The van der Waals surface area contributed by atoms with Crippen molar-refractivity contribution < 1.29 is 22.7 Å². The van der Waals surface area contributed by atoms with E-state index in [0.717, 1.165) is 35.8 Å². The Balaban J connectivity index is 1.37. The van der Waals surface area contributed by atoms with Crippen LogP contribution < -0.4 is 9.64 Å². The van der Waals surface area contributed by atoms with Crippen LogP contribution in [0.3, 0.4) is 0 Å². The van der Waals surface area contributed by atoms with E-state index >= 15 is 0 Å². The first-order valence-electron chi connectivity index (χ1n) is 9.56. The number of hydrogen-bond acceptors (Lipinski definition) is 5. The average Bonchev–Trinajstić information content (AvgIpc) is 3.28. The summed E-state index contributed by atoms with van der Waals surface area (Å²) in [6.45, 7) is 1.65. The lowest BCUT2D eigenvalue weighted by Gasteiger charge is -2.43. The number of nitrogens with zero attached hydrogens (tertiary/aromatic N) is 4. The van der Waals surface area contributed by atoms with Crippen LogP contribution >= 0.6 is 0 Å². The average molecular weight is 417 g/mol. The monoisotopic (exact) mass is 417 g/mol. The van der Waals surface area contributed by atoms with Crippen molar-refractivity contribution in [3.05, 3.63) is 48.4 Å². The molecule has 3 heterocycles. The summed E-state index contributed by atoms with van der Waals surface area (Å²) in [5.41, 5.74) is 0.612. The number of amides is 1. The second-order valence-electron chi connectivity index (χ2n) is 7.62. The number of rotatable bonds is 3. The zero-order valence-electron chi connectivity index (χ0n) is 15.8. The lowest BCUT2D eigenvalue weighted by molar-refractivity contribution is -0.274. The molecule has 1 N–H and O–H groups in total. The maximum atomic E-state index is 13.1. The van der Waals surface area contributed by atoms with E-state index in [2.05, 4.69) is 24.6 Å². The smallest absolute Gasteiger partial charge is 0.406 e. The third-order valence-corrected chi connectivity index (χ3v) is 5.67. The number of aromatic nitrogens is 3. The number of hydrogen-bond donors (Lipinski definition) is 1. The lowest BCUT2D eigenvalue weighted by Crippen LogP contribution is -2.57. The third kappa shape index (κ3) is 3.31. The van der Waals surface area contributed by atoms with Gasteiger partial charge in [0.05, 0.1) is 10.9 Å². The summed E-state index contributed by atoms with van der Waals surface area (Å²) in [4.78, 5) is 28.8. The van der Waals surface area contributed by atoms with Crippen molar-refractivity contribution in [2.75, 3.05) is 24.5 Å². The standard InChI is InChI=1S/C20H18F3N5O2/c21-20(22,23)30-14-3-1-2-13(10-14)18(29)28-9-8-27(11-19(28)5-6-19)17-15-4-7-24-16(15)25-12-26-17/h1-4,7,10,12H,5-6,8-9,11H2,(H,24,25,26). The van der Waals surface area contributed by atoms with Crippen molar-refractivity contribution in [1.29, 1.82) is 0 Å². The summed E-state index contributed by atoms with van der Waals surface area (Å²) in [6, 6.07) is 7.17. The molecule has 2 fully saturated rings. The highest BCUT2D eigenvalue weighted by Crippen LogP contribution is 2.46. The summed E-state index contributed by atoms with van der Waals surface area (Å²) >= 11 is 0. The molecule has 2 aliphatic rings. The molecule has 1 saturated heterocycles. The molecule has 1 amide bonds. The minimum atomic E-state index is -4.80. The molecule has 2 aromatic heterocycles. The molecule has 156 valence electrons.